The highest BCUT2D eigenvalue weighted by atomic mass is 16.5. The zero-order valence-corrected chi connectivity index (χ0v) is 14.2. The molecule has 0 amide bonds. The van der Waals surface area contributed by atoms with Gasteiger partial charge < -0.3 is 15.2 Å². The lowest BCUT2D eigenvalue weighted by atomic mass is 10.1. The van der Waals surface area contributed by atoms with Crippen molar-refractivity contribution in [2.24, 2.45) is 0 Å². The number of likely N-dealkylation sites (tertiary alicyclic amines) is 1. The molecule has 1 unspecified atom stereocenters. The molecule has 1 atom stereocenters. The standard InChI is InChI=1S/C18H22N4O3/c1-19-17-10-20-9-15(21-17)16-3-2-8-22(16)11-13-4-6-14(7-5-13)25-12-18(23)24/h4-7,9-10,16H,2-3,8,11-12H2,1H3,(H,19,21)(H,23,24). The SMILES string of the molecule is CNc1cncc(C2CCCN2Cc2ccc(OCC(=O)O)cc2)n1. The maximum Gasteiger partial charge on any atom is 0.341 e. The fourth-order valence-electron chi connectivity index (χ4n) is 3.08. The maximum atomic E-state index is 10.5. The van der Waals surface area contributed by atoms with Crippen LogP contribution in [0.1, 0.15) is 30.1 Å². The molecule has 0 aliphatic carbocycles. The largest absolute Gasteiger partial charge is 0.482 e. The van der Waals surface area contributed by atoms with E-state index in [0.29, 0.717) is 5.75 Å². The number of hydrogen-bond acceptors (Lipinski definition) is 6. The summed E-state index contributed by atoms with van der Waals surface area (Å²) in [6.45, 7) is 1.51. The van der Waals surface area contributed by atoms with Gasteiger partial charge in [0, 0.05) is 13.6 Å². The van der Waals surface area contributed by atoms with Crippen LogP contribution in [0.5, 0.6) is 5.75 Å². The van der Waals surface area contributed by atoms with Gasteiger partial charge in [0.1, 0.15) is 11.6 Å². The summed E-state index contributed by atoms with van der Waals surface area (Å²) in [6.07, 6.45) is 5.77. The summed E-state index contributed by atoms with van der Waals surface area (Å²) < 4.78 is 5.17. The lowest BCUT2D eigenvalue weighted by Gasteiger charge is -2.24. The number of hydrogen-bond donors (Lipinski definition) is 2. The molecule has 2 heterocycles. The fraction of sp³-hybridized carbons (Fsp3) is 0.389. The van der Waals surface area contributed by atoms with Crippen LogP contribution in [0, 0.1) is 0 Å². The lowest BCUT2D eigenvalue weighted by molar-refractivity contribution is -0.139. The van der Waals surface area contributed by atoms with E-state index in [4.69, 9.17) is 9.84 Å². The molecular weight excluding hydrogens is 320 g/mol. The number of anilines is 1. The third kappa shape index (κ3) is 4.45. The van der Waals surface area contributed by atoms with E-state index in [2.05, 4.69) is 20.2 Å². The quantitative estimate of drug-likeness (QED) is 0.798. The minimum absolute atomic E-state index is 0.267. The van der Waals surface area contributed by atoms with Crippen molar-refractivity contribution in [1.29, 1.82) is 0 Å². The Labute approximate surface area is 146 Å². The first-order valence-corrected chi connectivity index (χ1v) is 8.33. The summed E-state index contributed by atoms with van der Waals surface area (Å²) in [7, 11) is 1.84. The normalized spacial score (nSPS) is 17.4. The van der Waals surface area contributed by atoms with Gasteiger partial charge in [0.05, 0.1) is 24.1 Å². The van der Waals surface area contributed by atoms with E-state index in [0.717, 1.165) is 43.0 Å². The van der Waals surface area contributed by atoms with Gasteiger partial charge in [-0.15, -0.1) is 0 Å². The van der Waals surface area contributed by atoms with E-state index >= 15 is 0 Å². The summed E-state index contributed by atoms with van der Waals surface area (Å²) in [4.78, 5) is 21.8. The molecule has 2 N–H and O–H groups in total. The highest BCUT2D eigenvalue weighted by molar-refractivity contribution is 5.68. The molecule has 0 spiro atoms. The Hall–Kier alpha value is -2.67. The van der Waals surface area contributed by atoms with Crippen LogP contribution in [0.15, 0.2) is 36.7 Å². The van der Waals surface area contributed by atoms with Gasteiger partial charge in [0.15, 0.2) is 6.61 Å². The Morgan fingerprint density at radius 1 is 1.36 bits per heavy atom. The van der Waals surface area contributed by atoms with Crippen LogP contribution in [0.25, 0.3) is 0 Å². The van der Waals surface area contributed by atoms with Crippen LogP contribution in [0.2, 0.25) is 0 Å². The first-order valence-electron chi connectivity index (χ1n) is 8.33. The average molecular weight is 342 g/mol. The van der Waals surface area contributed by atoms with E-state index in [1.807, 2.05) is 37.5 Å². The minimum Gasteiger partial charge on any atom is -0.482 e. The van der Waals surface area contributed by atoms with Crippen LogP contribution in [0.3, 0.4) is 0 Å². The van der Waals surface area contributed by atoms with Crippen molar-refractivity contribution in [3.63, 3.8) is 0 Å². The molecular formula is C18H22N4O3. The monoisotopic (exact) mass is 342 g/mol. The van der Waals surface area contributed by atoms with E-state index in [-0.39, 0.29) is 12.6 Å². The highest BCUT2D eigenvalue weighted by Crippen LogP contribution is 2.32. The molecule has 7 nitrogen and oxygen atoms in total. The van der Waals surface area contributed by atoms with E-state index in [1.165, 1.54) is 0 Å². The van der Waals surface area contributed by atoms with Crippen molar-refractivity contribution < 1.29 is 14.6 Å². The summed E-state index contributed by atoms with van der Waals surface area (Å²) in [5.41, 5.74) is 2.15. The van der Waals surface area contributed by atoms with E-state index in [1.54, 1.807) is 6.20 Å². The number of carbonyl (C=O) groups is 1. The van der Waals surface area contributed by atoms with Crippen molar-refractivity contribution in [1.82, 2.24) is 14.9 Å². The number of nitrogens with zero attached hydrogens (tertiary/aromatic N) is 3. The predicted octanol–water partition coefficient (Wildman–Crippen LogP) is 2.32. The zero-order chi connectivity index (χ0) is 17.6. The van der Waals surface area contributed by atoms with Gasteiger partial charge in [-0.25, -0.2) is 9.78 Å². The topological polar surface area (TPSA) is 87.6 Å². The Morgan fingerprint density at radius 2 is 2.16 bits per heavy atom. The number of carboxylic acid groups (broad SMARTS) is 1. The Morgan fingerprint density at radius 3 is 2.88 bits per heavy atom. The van der Waals surface area contributed by atoms with Gasteiger partial charge in [0.2, 0.25) is 0 Å². The van der Waals surface area contributed by atoms with Crippen molar-refractivity contribution in [3.05, 3.63) is 47.9 Å². The molecule has 0 saturated carbocycles. The number of ether oxygens (including phenoxy) is 1. The summed E-state index contributed by atoms with van der Waals surface area (Å²) in [5.74, 6) is 0.370. The lowest BCUT2D eigenvalue weighted by Crippen LogP contribution is -2.23. The molecule has 1 aromatic carbocycles. The van der Waals surface area contributed by atoms with Gasteiger partial charge >= 0.3 is 5.97 Å². The third-order valence-electron chi connectivity index (χ3n) is 4.29. The van der Waals surface area contributed by atoms with Crippen molar-refractivity contribution in [3.8, 4) is 5.75 Å². The molecule has 3 rings (SSSR count). The van der Waals surface area contributed by atoms with Gasteiger partial charge in [-0.1, -0.05) is 12.1 Å². The molecule has 0 bridgehead atoms. The van der Waals surface area contributed by atoms with Crippen LogP contribution in [0.4, 0.5) is 5.82 Å². The van der Waals surface area contributed by atoms with Crippen LogP contribution in [-0.2, 0) is 11.3 Å². The molecule has 1 aliphatic rings. The molecule has 1 aromatic heterocycles. The van der Waals surface area contributed by atoms with E-state index in [9.17, 15) is 4.79 Å². The first kappa shape index (κ1) is 17.2. The number of aliphatic carboxylic acids is 1. The number of nitrogens with one attached hydrogen (secondary N) is 1. The third-order valence-corrected chi connectivity index (χ3v) is 4.29. The molecule has 7 heteroatoms. The predicted molar refractivity (Wildman–Crippen MR) is 93.5 cm³/mol. The van der Waals surface area contributed by atoms with E-state index < -0.39 is 5.97 Å². The van der Waals surface area contributed by atoms with Gasteiger partial charge in [0.25, 0.3) is 0 Å². The number of carboxylic acids is 1. The van der Waals surface area contributed by atoms with Crippen LogP contribution in [-0.4, -0.2) is 46.1 Å². The number of benzene rings is 1. The van der Waals surface area contributed by atoms with Gasteiger partial charge in [-0.3, -0.25) is 9.88 Å². The second-order valence-electron chi connectivity index (χ2n) is 6.03. The number of aromatic nitrogens is 2. The van der Waals surface area contributed by atoms with Crippen molar-refractivity contribution in [2.75, 3.05) is 25.5 Å². The highest BCUT2D eigenvalue weighted by Gasteiger charge is 2.27. The molecule has 132 valence electrons. The minimum atomic E-state index is -0.978. The summed E-state index contributed by atoms with van der Waals surface area (Å²) >= 11 is 0. The molecule has 1 saturated heterocycles. The Bertz CT molecular complexity index is 721. The van der Waals surface area contributed by atoms with Crippen molar-refractivity contribution in [2.45, 2.75) is 25.4 Å². The Balaban J connectivity index is 1.65. The molecule has 1 aliphatic heterocycles. The molecule has 25 heavy (non-hydrogen) atoms. The maximum absolute atomic E-state index is 10.5. The van der Waals surface area contributed by atoms with Gasteiger partial charge in [-0.05, 0) is 37.1 Å². The smallest absolute Gasteiger partial charge is 0.341 e. The summed E-state index contributed by atoms with van der Waals surface area (Å²) in [6, 6.07) is 7.84. The molecule has 0 radical (unpaired) electrons. The van der Waals surface area contributed by atoms with Crippen LogP contribution < -0.4 is 10.1 Å². The first-order chi connectivity index (χ1) is 12.2. The van der Waals surface area contributed by atoms with Crippen molar-refractivity contribution >= 4 is 11.8 Å². The average Bonchev–Trinajstić information content (AvgIpc) is 3.09. The molecule has 1 fully saturated rings. The van der Waals surface area contributed by atoms with Gasteiger partial charge in [-0.2, -0.15) is 0 Å². The second-order valence-corrected chi connectivity index (χ2v) is 6.03. The summed E-state index contributed by atoms with van der Waals surface area (Å²) in [5, 5.41) is 11.7. The number of rotatable bonds is 7. The molecule has 2 aromatic rings. The Kier molecular flexibility index (Phi) is 5.45. The second kappa shape index (κ2) is 7.94. The fourth-order valence-corrected chi connectivity index (χ4v) is 3.08. The zero-order valence-electron chi connectivity index (χ0n) is 14.2. The van der Waals surface area contributed by atoms with Crippen LogP contribution >= 0.6 is 0 Å².